The van der Waals surface area contributed by atoms with Crippen LogP contribution in [-0.4, -0.2) is 65.6 Å². The predicted molar refractivity (Wildman–Crippen MR) is 110 cm³/mol. The third kappa shape index (κ3) is 4.60. The van der Waals surface area contributed by atoms with E-state index in [0.29, 0.717) is 36.5 Å². The number of fused-ring (bicyclic) bond motifs is 1. The van der Waals surface area contributed by atoms with E-state index in [2.05, 4.69) is 9.97 Å². The number of rotatable bonds is 5. The minimum absolute atomic E-state index is 0.0633. The quantitative estimate of drug-likeness (QED) is 0.737. The first-order valence-corrected chi connectivity index (χ1v) is 12.7. The van der Waals surface area contributed by atoms with Crippen LogP contribution in [0.25, 0.3) is 0 Å². The maximum atomic E-state index is 13.0. The number of likely N-dealkylation sites (tertiary alicyclic amines) is 1. The molecule has 10 heteroatoms. The molecule has 2 fully saturated rings. The lowest BCUT2D eigenvalue weighted by Gasteiger charge is -2.36. The fourth-order valence-electron chi connectivity index (χ4n) is 4.69. The molecule has 0 aliphatic carbocycles. The lowest BCUT2D eigenvalue weighted by Crippen LogP contribution is -2.42. The topological polar surface area (TPSA) is 113 Å². The second-order valence-electron chi connectivity index (χ2n) is 8.50. The Morgan fingerprint density at radius 2 is 2.07 bits per heavy atom. The van der Waals surface area contributed by atoms with Gasteiger partial charge in [-0.05, 0) is 44.9 Å². The first kappa shape index (κ1) is 21.5. The van der Waals surface area contributed by atoms with Crippen molar-refractivity contribution in [2.45, 2.75) is 70.1 Å². The largest absolute Gasteiger partial charge is 0.378 e. The molecule has 30 heavy (non-hydrogen) atoms. The molecule has 2 atom stereocenters. The smallest absolute Gasteiger partial charge is 0.254 e. The zero-order valence-electron chi connectivity index (χ0n) is 17.4. The summed E-state index contributed by atoms with van der Waals surface area (Å²) in [6, 6.07) is -0.276. The molecule has 1 aromatic rings. The Morgan fingerprint density at radius 1 is 1.23 bits per heavy atom. The molecule has 2 saturated heterocycles. The Balaban J connectivity index is 1.54. The van der Waals surface area contributed by atoms with Gasteiger partial charge in [-0.1, -0.05) is 0 Å². The Bertz CT molecular complexity index is 954. The van der Waals surface area contributed by atoms with Crippen LogP contribution in [0.4, 0.5) is 0 Å². The van der Waals surface area contributed by atoms with Gasteiger partial charge in [0.2, 0.25) is 15.9 Å². The molecular weight excluding hydrogens is 408 g/mol. The van der Waals surface area contributed by atoms with E-state index in [-0.39, 0.29) is 36.7 Å². The zero-order chi connectivity index (χ0) is 21.3. The van der Waals surface area contributed by atoms with Crippen molar-refractivity contribution in [3.05, 3.63) is 27.4 Å². The third-order valence-electron chi connectivity index (χ3n) is 6.37. The molecule has 3 aliphatic heterocycles. The molecule has 0 aromatic carbocycles. The van der Waals surface area contributed by atoms with Crippen LogP contribution in [0.5, 0.6) is 0 Å². The normalized spacial score (nSPS) is 25.3. The number of hydrogen-bond acceptors (Lipinski definition) is 6. The number of piperidine rings is 1. The number of nitrogens with one attached hydrogen (secondary N) is 1. The molecule has 1 N–H and O–H groups in total. The van der Waals surface area contributed by atoms with Crippen LogP contribution in [0.15, 0.2) is 4.79 Å². The number of aromatic nitrogens is 2. The van der Waals surface area contributed by atoms with Gasteiger partial charge in [0.25, 0.3) is 5.56 Å². The van der Waals surface area contributed by atoms with Crippen molar-refractivity contribution in [1.82, 2.24) is 19.2 Å². The average molecular weight is 439 g/mol. The van der Waals surface area contributed by atoms with Crippen molar-refractivity contribution < 1.29 is 17.9 Å². The highest BCUT2D eigenvalue weighted by molar-refractivity contribution is 7.88. The number of aromatic amines is 1. The van der Waals surface area contributed by atoms with Crippen molar-refractivity contribution >= 4 is 15.9 Å². The molecule has 9 nitrogen and oxygen atoms in total. The van der Waals surface area contributed by atoms with E-state index >= 15 is 0 Å². The fourth-order valence-corrected chi connectivity index (χ4v) is 5.47. The first-order chi connectivity index (χ1) is 14.3. The average Bonchev–Trinajstić information content (AvgIpc) is 3.24. The molecule has 4 rings (SSSR count). The van der Waals surface area contributed by atoms with E-state index in [1.54, 1.807) is 0 Å². The SMILES string of the molecule is CS(=O)(=O)N1CCc2c(nc(C3CCCCN3C(=O)CCC3CCCO3)[nH]c2=O)C1. The van der Waals surface area contributed by atoms with Crippen molar-refractivity contribution in [3.63, 3.8) is 0 Å². The van der Waals surface area contributed by atoms with Crippen LogP contribution in [0.3, 0.4) is 0 Å². The molecule has 1 amide bonds. The summed E-state index contributed by atoms with van der Waals surface area (Å²) in [4.78, 5) is 35.0. The van der Waals surface area contributed by atoms with Crippen molar-refractivity contribution in [3.8, 4) is 0 Å². The van der Waals surface area contributed by atoms with Crippen molar-refractivity contribution in [1.29, 1.82) is 0 Å². The molecule has 0 saturated carbocycles. The first-order valence-electron chi connectivity index (χ1n) is 10.8. The second kappa shape index (κ2) is 8.76. The summed E-state index contributed by atoms with van der Waals surface area (Å²) in [5, 5.41) is 0. The highest BCUT2D eigenvalue weighted by atomic mass is 32.2. The molecule has 166 valence electrons. The number of carbonyl (C=O) groups is 1. The molecule has 1 aromatic heterocycles. The Hall–Kier alpha value is -1.78. The van der Waals surface area contributed by atoms with Gasteiger partial charge in [0.05, 0.1) is 30.6 Å². The van der Waals surface area contributed by atoms with Gasteiger partial charge < -0.3 is 14.6 Å². The predicted octanol–water partition coefficient (Wildman–Crippen LogP) is 1.10. The maximum Gasteiger partial charge on any atom is 0.254 e. The summed E-state index contributed by atoms with van der Waals surface area (Å²) in [5.41, 5.74) is 0.828. The van der Waals surface area contributed by atoms with Crippen LogP contribution in [-0.2, 0) is 32.5 Å². The summed E-state index contributed by atoms with van der Waals surface area (Å²) in [6.07, 6.45) is 7.52. The summed E-state index contributed by atoms with van der Waals surface area (Å²) in [7, 11) is -3.35. The second-order valence-corrected chi connectivity index (χ2v) is 10.5. The lowest BCUT2D eigenvalue weighted by molar-refractivity contribution is -0.136. The maximum absolute atomic E-state index is 13.0. The van der Waals surface area contributed by atoms with E-state index in [0.717, 1.165) is 45.1 Å². The van der Waals surface area contributed by atoms with E-state index in [4.69, 9.17) is 4.74 Å². The number of nitrogens with zero attached hydrogens (tertiary/aromatic N) is 3. The van der Waals surface area contributed by atoms with Crippen LogP contribution in [0.1, 0.15) is 68.1 Å². The standard InChI is InChI=1S/C20H30N4O5S/c1-30(27,28)23-11-9-15-16(13-23)21-19(22-20(15)26)17-6-2-3-10-24(17)18(25)8-7-14-5-4-12-29-14/h14,17H,2-13H2,1H3,(H,21,22,26). The van der Waals surface area contributed by atoms with Gasteiger partial charge in [-0.2, -0.15) is 4.31 Å². The van der Waals surface area contributed by atoms with E-state index in [1.165, 1.54) is 10.6 Å². The number of sulfonamides is 1. The zero-order valence-corrected chi connectivity index (χ0v) is 18.2. The molecule has 0 radical (unpaired) electrons. The van der Waals surface area contributed by atoms with Crippen LogP contribution in [0.2, 0.25) is 0 Å². The van der Waals surface area contributed by atoms with Gasteiger partial charge in [-0.25, -0.2) is 13.4 Å². The van der Waals surface area contributed by atoms with E-state index in [9.17, 15) is 18.0 Å². The molecule has 3 aliphatic rings. The minimum Gasteiger partial charge on any atom is -0.378 e. The molecule has 4 heterocycles. The van der Waals surface area contributed by atoms with E-state index in [1.807, 2.05) is 4.90 Å². The van der Waals surface area contributed by atoms with Gasteiger partial charge in [-0.15, -0.1) is 0 Å². The van der Waals surface area contributed by atoms with Gasteiger partial charge >= 0.3 is 0 Å². The van der Waals surface area contributed by atoms with E-state index < -0.39 is 10.0 Å². The summed E-state index contributed by atoms with van der Waals surface area (Å²) in [5.74, 6) is 0.535. The summed E-state index contributed by atoms with van der Waals surface area (Å²) in [6.45, 7) is 1.80. The summed E-state index contributed by atoms with van der Waals surface area (Å²) >= 11 is 0. The highest BCUT2D eigenvalue weighted by Crippen LogP contribution is 2.30. The third-order valence-corrected chi connectivity index (χ3v) is 7.62. The fraction of sp³-hybridized carbons (Fsp3) is 0.750. The highest BCUT2D eigenvalue weighted by Gasteiger charge is 2.32. The summed E-state index contributed by atoms with van der Waals surface area (Å²) < 4.78 is 30.9. The van der Waals surface area contributed by atoms with Crippen molar-refractivity contribution in [2.75, 3.05) is 26.0 Å². The molecule has 0 spiro atoms. The molecule has 0 bridgehead atoms. The molecular formula is C20H30N4O5S. The van der Waals surface area contributed by atoms with Crippen LogP contribution >= 0.6 is 0 Å². The number of H-pyrrole nitrogens is 1. The Kier molecular flexibility index (Phi) is 6.26. The van der Waals surface area contributed by atoms with Gasteiger partial charge in [0.15, 0.2) is 0 Å². The number of carbonyl (C=O) groups excluding carboxylic acids is 1. The van der Waals surface area contributed by atoms with Crippen LogP contribution < -0.4 is 5.56 Å². The van der Waals surface area contributed by atoms with Gasteiger partial charge in [0, 0.05) is 31.7 Å². The van der Waals surface area contributed by atoms with Crippen molar-refractivity contribution in [2.24, 2.45) is 0 Å². The number of amides is 1. The van der Waals surface area contributed by atoms with Gasteiger partial charge in [0.1, 0.15) is 5.82 Å². The Morgan fingerprint density at radius 3 is 2.80 bits per heavy atom. The minimum atomic E-state index is -3.35. The number of ether oxygens (including phenoxy) is 1. The number of hydrogen-bond donors (Lipinski definition) is 1. The monoisotopic (exact) mass is 438 g/mol. The van der Waals surface area contributed by atoms with Crippen LogP contribution in [0, 0.1) is 0 Å². The van der Waals surface area contributed by atoms with Gasteiger partial charge in [-0.3, -0.25) is 9.59 Å². The lowest BCUT2D eigenvalue weighted by atomic mass is 9.99. The Labute approximate surface area is 176 Å². The molecule has 2 unspecified atom stereocenters.